The average molecular weight is 1210 g/mol. The highest BCUT2D eigenvalue weighted by atomic mass is 32.1. The van der Waals surface area contributed by atoms with Crippen LogP contribution in [-0.2, 0) is 41.7 Å². The zero-order valence-corrected chi connectivity index (χ0v) is 49.6. The molecule has 456 valence electrons. The molecule has 1 aliphatic carbocycles. The summed E-state index contributed by atoms with van der Waals surface area (Å²) in [6.07, 6.45) is 3.18. The molecule has 22 heteroatoms. The summed E-state index contributed by atoms with van der Waals surface area (Å²) >= 11 is 1.52. The van der Waals surface area contributed by atoms with Crippen molar-refractivity contribution in [2.75, 3.05) is 63.9 Å². The van der Waals surface area contributed by atoms with Gasteiger partial charge in [0.15, 0.2) is 23.1 Å². The molecule has 1 saturated heterocycles. The van der Waals surface area contributed by atoms with Gasteiger partial charge in [-0.05, 0) is 104 Å². The van der Waals surface area contributed by atoms with Gasteiger partial charge in [0.25, 0.3) is 5.91 Å². The lowest BCUT2D eigenvalue weighted by molar-refractivity contribution is -0.143. The van der Waals surface area contributed by atoms with Crippen LogP contribution in [-0.4, -0.2) is 126 Å². The smallest absolute Gasteiger partial charge is 0.255 e. The molecule has 1 saturated carbocycles. The molecule has 5 aromatic carbocycles. The Labute approximate surface area is 506 Å². The van der Waals surface area contributed by atoms with E-state index in [0.717, 1.165) is 33.3 Å². The van der Waals surface area contributed by atoms with Crippen LogP contribution in [0.3, 0.4) is 0 Å². The summed E-state index contributed by atoms with van der Waals surface area (Å²) in [5.41, 5.74) is 5.44. The maximum Gasteiger partial charge on any atom is 0.255 e. The van der Waals surface area contributed by atoms with Gasteiger partial charge >= 0.3 is 0 Å². The minimum Gasteiger partial charge on any atom is -0.493 e. The van der Waals surface area contributed by atoms with E-state index in [4.69, 9.17) is 28.4 Å². The van der Waals surface area contributed by atoms with Crippen molar-refractivity contribution in [3.05, 3.63) is 149 Å². The first-order valence-corrected chi connectivity index (χ1v) is 29.9. The van der Waals surface area contributed by atoms with Crippen molar-refractivity contribution in [1.29, 1.82) is 0 Å². The van der Waals surface area contributed by atoms with Crippen LogP contribution in [0, 0.1) is 29.9 Å². The lowest BCUT2D eigenvalue weighted by Gasteiger charge is -2.35. The van der Waals surface area contributed by atoms with Crippen molar-refractivity contribution in [1.82, 2.24) is 25.1 Å². The van der Waals surface area contributed by atoms with Crippen molar-refractivity contribution in [2.24, 2.45) is 11.3 Å². The number of aryl methyl sites for hydroxylation is 1. The fraction of sp³-hybridized carbons (Fsp3) is 0.369. The van der Waals surface area contributed by atoms with E-state index in [1.54, 1.807) is 40.7 Å². The first-order valence-electron chi connectivity index (χ1n) is 29.0. The number of β-amino-alcohol motifs (C(OH)–C–C–N with tert-alkyl or cyclic N) is 1. The SMILES string of the molecule is COc1cc2c(Oc3ccc(NC(=O)C4(C(=O)Nc5ccc(F)cc5)CC4)cc3F)ccnc2cc1OCCCOCCCOCCCOc1cc(-c2scnc2C)ccc1CNC(=O)[C@@H]1C[C@@H](O)CN1C(=O)[C@H](C(C)C)N1Cc2ccccc2C1=O. The molecule has 0 unspecified atom stereocenters. The second kappa shape index (κ2) is 27.9. The Hall–Kier alpha value is -8.57. The van der Waals surface area contributed by atoms with Crippen molar-refractivity contribution in [3.63, 3.8) is 0 Å². The number of hydrogen-bond acceptors (Lipinski definition) is 15. The number of fused-ring (bicyclic) bond motifs is 2. The van der Waals surface area contributed by atoms with E-state index in [-0.39, 0.29) is 48.7 Å². The van der Waals surface area contributed by atoms with Gasteiger partial charge in [-0.1, -0.05) is 44.2 Å². The van der Waals surface area contributed by atoms with Gasteiger partial charge in [-0.25, -0.2) is 13.8 Å². The summed E-state index contributed by atoms with van der Waals surface area (Å²) in [4.78, 5) is 80.8. The number of thiazole rings is 1. The number of halogens is 2. The fourth-order valence-corrected chi connectivity index (χ4v) is 11.6. The van der Waals surface area contributed by atoms with Crippen LogP contribution in [0.25, 0.3) is 21.3 Å². The zero-order chi connectivity index (χ0) is 61.2. The second-order valence-corrected chi connectivity index (χ2v) is 22.9. The zero-order valence-electron chi connectivity index (χ0n) is 48.8. The van der Waals surface area contributed by atoms with E-state index in [1.165, 1.54) is 65.9 Å². The number of likely N-dealkylation sites (tertiary alicyclic amines) is 1. The topological polar surface area (TPSA) is 229 Å². The van der Waals surface area contributed by atoms with Crippen LogP contribution < -0.4 is 34.9 Å². The van der Waals surface area contributed by atoms with E-state index in [0.29, 0.717) is 123 Å². The predicted molar refractivity (Wildman–Crippen MR) is 322 cm³/mol. The number of carbonyl (C=O) groups is 5. The van der Waals surface area contributed by atoms with Crippen LogP contribution in [0.1, 0.15) is 79.6 Å². The Morgan fingerprint density at radius 1 is 0.770 bits per heavy atom. The first kappa shape index (κ1) is 61.5. The van der Waals surface area contributed by atoms with Gasteiger partial charge in [-0.3, -0.25) is 29.0 Å². The highest BCUT2D eigenvalue weighted by Gasteiger charge is 2.56. The summed E-state index contributed by atoms with van der Waals surface area (Å²) in [7, 11) is 1.51. The summed E-state index contributed by atoms with van der Waals surface area (Å²) < 4.78 is 64.7. The third kappa shape index (κ3) is 14.5. The lowest BCUT2D eigenvalue weighted by atomic mass is 10.0. The van der Waals surface area contributed by atoms with Gasteiger partial charge in [-0.2, -0.15) is 0 Å². The van der Waals surface area contributed by atoms with Gasteiger partial charge in [0, 0.05) is 112 Å². The number of methoxy groups -OCH3 is 1. The van der Waals surface area contributed by atoms with Crippen molar-refractivity contribution >= 4 is 63.2 Å². The van der Waals surface area contributed by atoms with E-state index < -0.39 is 53.0 Å². The molecule has 19 nitrogen and oxygen atoms in total. The van der Waals surface area contributed by atoms with Gasteiger partial charge in [0.05, 0.1) is 48.0 Å². The van der Waals surface area contributed by atoms with Crippen molar-refractivity contribution in [3.8, 4) is 39.2 Å². The van der Waals surface area contributed by atoms with Gasteiger partial charge in [0.1, 0.15) is 34.8 Å². The molecule has 0 bridgehead atoms. The molecule has 0 spiro atoms. The number of nitrogens with one attached hydrogen (secondary N) is 3. The Kier molecular flexibility index (Phi) is 19.7. The number of hydrogen-bond donors (Lipinski definition) is 4. The Morgan fingerprint density at radius 3 is 2.13 bits per heavy atom. The Morgan fingerprint density at radius 2 is 1.46 bits per heavy atom. The van der Waals surface area contributed by atoms with Crippen molar-refractivity contribution in [2.45, 2.75) is 90.6 Å². The molecule has 4 heterocycles. The lowest BCUT2D eigenvalue weighted by Crippen LogP contribution is -2.55. The van der Waals surface area contributed by atoms with E-state index in [1.807, 2.05) is 51.1 Å². The molecule has 4 N–H and O–H groups in total. The normalized spacial score (nSPS) is 16.2. The van der Waals surface area contributed by atoms with Crippen molar-refractivity contribution < 1.29 is 66.3 Å². The molecular weight excluding hydrogens is 1140 g/mol. The number of carbonyl (C=O) groups excluding carboxylic acids is 5. The minimum absolute atomic E-state index is 0.0152. The number of aliphatic hydroxyl groups is 1. The second-order valence-electron chi connectivity index (χ2n) is 22.0. The Balaban J connectivity index is 0.640. The molecule has 7 aromatic rings. The minimum atomic E-state index is -1.32. The van der Waals surface area contributed by atoms with Crippen LogP contribution >= 0.6 is 11.3 Å². The molecule has 3 aliphatic rings. The number of aromatic nitrogens is 2. The molecular formula is C65H69F2N7O12S. The molecule has 5 amide bonds. The monoisotopic (exact) mass is 1210 g/mol. The van der Waals surface area contributed by atoms with E-state index in [9.17, 15) is 33.5 Å². The molecule has 2 fully saturated rings. The fourth-order valence-electron chi connectivity index (χ4n) is 10.8. The maximum atomic E-state index is 15.5. The summed E-state index contributed by atoms with van der Waals surface area (Å²) in [6, 6.07) is 25.6. The molecule has 2 aromatic heterocycles. The van der Waals surface area contributed by atoms with Crippen LogP contribution in [0.5, 0.6) is 28.7 Å². The van der Waals surface area contributed by atoms with E-state index >= 15 is 4.39 Å². The third-order valence-corrected chi connectivity index (χ3v) is 16.5. The first-order chi connectivity index (χ1) is 42.1. The third-order valence-electron chi connectivity index (χ3n) is 15.5. The highest BCUT2D eigenvalue weighted by Crippen LogP contribution is 2.48. The van der Waals surface area contributed by atoms with Crippen LogP contribution in [0.15, 0.2) is 115 Å². The molecule has 2 aliphatic heterocycles. The van der Waals surface area contributed by atoms with Gasteiger partial charge in [-0.15, -0.1) is 11.3 Å². The number of rotatable bonds is 28. The number of anilines is 2. The molecule has 3 atom stereocenters. The quantitative estimate of drug-likeness (QED) is 0.0264. The van der Waals surface area contributed by atoms with E-state index in [2.05, 4.69) is 25.9 Å². The Bertz CT molecular complexity index is 3640. The van der Waals surface area contributed by atoms with Crippen LogP contribution in [0.2, 0.25) is 0 Å². The number of nitrogens with zero attached hydrogens (tertiary/aromatic N) is 4. The largest absolute Gasteiger partial charge is 0.493 e. The number of aliphatic hydroxyl groups excluding tert-OH is 1. The molecule has 87 heavy (non-hydrogen) atoms. The summed E-state index contributed by atoms with van der Waals surface area (Å²) in [5.74, 6) is -1.92. The summed E-state index contributed by atoms with van der Waals surface area (Å²) in [6.45, 7) is 8.62. The van der Waals surface area contributed by atoms with Gasteiger partial charge in [0.2, 0.25) is 23.6 Å². The van der Waals surface area contributed by atoms with Gasteiger partial charge < -0.3 is 59.3 Å². The number of benzene rings is 5. The number of amides is 5. The predicted octanol–water partition coefficient (Wildman–Crippen LogP) is 10.0. The summed E-state index contributed by atoms with van der Waals surface area (Å²) in [5, 5.41) is 19.6. The molecule has 0 radical (unpaired) electrons. The van der Waals surface area contributed by atoms with Crippen LogP contribution in [0.4, 0.5) is 20.2 Å². The highest BCUT2D eigenvalue weighted by molar-refractivity contribution is 7.13. The average Bonchev–Trinajstić information content (AvgIpc) is 1.79. The number of ether oxygens (including phenoxy) is 6. The number of pyridine rings is 1. The standard InChI is InChI=1S/C65H69F2N7O12S/c1-39(2)58(74-36-43-10-5-6-11-48(43)61(74)77)62(78)73-37-47(75)32-52(73)60(76)69-35-42-13-12-41(59-40(3)70-38-87-59)30-55(42)84-28-8-26-82-24-7-25-83-27-9-29-85-57-34-51-49(33-56(57)81-4)53(20-23-68-51)86-54-19-18-46(31-50(54)67)72-64(80)65(21-22-65)63(79)71-45-16-14-44(66)15-17-45/h5-6,10-20,23,30-31,33-34,38-39,47,52,58,75H,7-9,21-22,24-29,32,35-37H2,1-4H3,(H,69,76)(H,71,79)(H,72,80)/t47-,52+,58+/m1/s1. The maximum absolute atomic E-state index is 15.5. The molecule has 10 rings (SSSR count).